The van der Waals surface area contributed by atoms with E-state index in [-0.39, 0.29) is 18.9 Å². The monoisotopic (exact) mass is 377 g/mol. The fraction of sp³-hybridized carbons (Fsp3) is 0.263. The van der Waals surface area contributed by atoms with E-state index in [0.29, 0.717) is 11.5 Å². The molecule has 0 heterocycles. The van der Waals surface area contributed by atoms with Crippen molar-refractivity contribution in [1.82, 2.24) is 5.32 Å². The number of methoxy groups -OCH3 is 1. The second kappa shape index (κ2) is 10.6. The van der Waals surface area contributed by atoms with Crippen LogP contribution >= 0.6 is 0 Å². The number of rotatable bonds is 10. The highest BCUT2D eigenvalue weighted by atomic mass is 19.1. The van der Waals surface area contributed by atoms with Gasteiger partial charge in [0.1, 0.15) is 18.2 Å². The number of hydrogen-bond donors (Lipinski definition) is 1. The molecule has 0 radical (unpaired) electrons. The van der Waals surface area contributed by atoms with Gasteiger partial charge in [0.15, 0.2) is 24.7 Å². The molecule has 0 unspecified atom stereocenters. The molecule has 0 aromatic heterocycles. The first-order valence-corrected chi connectivity index (χ1v) is 8.15. The molecular weight excluding hydrogens is 357 g/mol. The Balaban J connectivity index is 1.59. The van der Waals surface area contributed by atoms with Crippen LogP contribution in [0.2, 0.25) is 0 Å². The lowest BCUT2D eigenvalue weighted by Gasteiger charge is -2.11. The van der Waals surface area contributed by atoms with Crippen molar-refractivity contribution in [3.8, 4) is 17.2 Å². The van der Waals surface area contributed by atoms with Gasteiger partial charge in [0.2, 0.25) is 0 Å². The second-order valence-corrected chi connectivity index (χ2v) is 5.26. The van der Waals surface area contributed by atoms with Crippen LogP contribution in [0.3, 0.4) is 0 Å². The first-order valence-electron chi connectivity index (χ1n) is 8.15. The summed E-state index contributed by atoms with van der Waals surface area (Å²) in [6, 6.07) is 12.5. The lowest BCUT2D eigenvalue weighted by atomic mass is 10.3. The van der Waals surface area contributed by atoms with Gasteiger partial charge in [0, 0.05) is 6.07 Å². The van der Waals surface area contributed by atoms with Gasteiger partial charge in [-0.15, -0.1) is 0 Å². The van der Waals surface area contributed by atoms with Crippen molar-refractivity contribution in [3.63, 3.8) is 0 Å². The summed E-state index contributed by atoms with van der Waals surface area (Å²) in [6.07, 6.45) is 0. The largest absolute Gasteiger partial charge is 0.493 e. The van der Waals surface area contributed by atoms with Crippen LogP contribution in [0.4, 0.5) is 4.39 Å². The average molecular weight is 377 g/mol. The van der Waals surface area contributed by atoms with Crippen LogP contribution in [0.25, 0.3) is 0 Å². The van der Waals surface area contributed by atoms with E-state index in [2.05, 4.69) is 5.32 Å². The predicted octanol–water partition coefficient (Wildman–Crippen LogP) is 1.95. The molecule has 1 amide bonds. The van der Waals surface area contributed by atoms with Gasteiger partial charge in [-0.3, -0.25) is 4.79 Å². The third-order valence-corrected chi connectivity index (χ3v) is 3.27. The van der Waals surface area contributed by atoms with Gasteiger partial charge in [-0.1, -0.05) is 18.2 Å². The summed E-state index contributed by atoms with van der Waals surface area (Å²) in [5.74, 6) is -0.330. The van der Waals surface area contributed by atoms with Gasteiger partial charge in [-0.25, -0.2) is 9.18 Å². The molecule has 0 fully saturated rings. The molecule has 7 nitrogen and oxygen atoms in total. The Morgan fingerprint density at radius 2 is 1.78 bits per heavy atom. The first-order chi connectivity index (χ1) is 13.1. The number of carbonyl (C=O) groups excluding carboxylic acids is 2. The lowest BCUT2D eigenvalue weighted by molar-refractivity contribution is -0.150. The summed E-state index contributed by atoms with van der Waals surface area (Å²) >= 11 is 0. The Morgan fingerprint density at radius 3 is 2.52 bits per heavy atom. The fourth-order valence-electron chi connectivity index (χ4n) is 2.03. The number of hydrogen-bond acceptors (Lipinski definition) is 6. The molecule has 0 atom stereocenters. The number of carbonyl (C=O) groups is 2. The molecule has 0 aliphatic heterocycles. The summed E-state index contributed by atoms with van der Waals surface area (Å²) in [7, 11) is 1.54. The highest BCUT2D eigenvalue weighted by molar-refractivity contribution is 5.80. The van der Waals surface area contributed by atoms with Crippen LogP contribution in [0.15, 0.2) is 48.5 Å². The van der Waals surface area contributed by atoms with E-state index in [0.717, 1.165) is 6.07 Å². The third kappa shape index (κ3) is 7.23. The Kier molecular flexibility index (Phi) is 7.90. The van der Waals surface area contributed by atoms with Gasteiger partial charge in [0.25, 0.3) is 5.91 Å². The molecule has 0 saturated heterocycles. The fourth-order valence-corrected chi connectivity index (χ4v) is 2.03. The van der Waals surface area contributed by atoms with Gasteiger partial charge in [-0.05, 0) is 24.3 Å². The molecule has 0 aliphatic rings. The van der Waals surface area contributed by atoms with E-state index in [9.17, 15) is 14.0 Å². The minimum absolute atomic E-state index is 0.199. The minimum Gasteiger partial charge on any atom is -0.493 e. The third-order valence-electron chi connectivity index (χ3n) is 3.27. The highest BCUT2D eigenvalue weighted by Crippen LogP contribution is 2.25. The molecule has 27 heavy (non-hydrogen) atoms. The maximum absolute atomic E-state index is 13.0. The molecule has 0 spiro atoms. The summed E-state index contributed by atoms with van der Waals surface area (Å²) in [6.45, 7) is -0.412. The maximum Gasteiger partial charge on any atom is 0.344 e. The second-order valence-electron chi connectivity index (χ2n) is 5.26. The zero-order chi connectivity index (χ0) is 19.5. The van der Waals surface area contributed by atoms with Crippen molar-refractivity contribution < 1.29 is 32.9 Å². The van der Waals surface area contributed by atoms with Crippen LogP contribution in [-0.2, 0) is 14.3 Å². The Labute approximate surface area is 156 Å². The molecule has 8 heteroatoms. The van der Waals surface area contributed by atoms with Crippen molar-refractivity contribution in [3.05, 3.63) is 54.3 Å². The lowest BCUT2D eigenvalue weighted by Crippen LogP contribution is -2.32. The molecule has 0 aliphatic carbocycles. The minimum atomic E-state index is -0.736. The van der Waals surface area contributed by atoms with E-state index in [1.165, 1.54) is 25.3 Å². The average Bonchev–Trinajstić information content (AvgIpc) is 2.68. The van der Waals surface area contributed by atoms with Crippen LogP contribution < -0.4 is 19.5 Å². The van der Waals surface area contributed by atoms with Gasteiger partial charge in [0.05, 0.1) is 13.7 Å². The van der Waals surface area contributed by atoms with Crippen molar-refractivity contribution >= 4 is 11.9 Å². The molecular formula is C19H20FNO6. The van der Waals surface area contributed by atoms with Crippen LogP contribution in [0, 0.1) is 5.82 Å². The van der Waals surface area contributed by atoms with Gasteiger partial charge < -0.3 is 24.3 Å². The summed E-state index contributed by atoms with van der Waals surface area (Å²) in [4.78, 5) is 23.2. The zero-order valence-corrected chi connectivity index (χ0v) is 14.8. The van der Waals surface area contributed by atoms with Crippen molar-refractivity contribution in [2.75, 3.05) is 33.5 Å². The number of para-hydroxylation sites is 2. The topological polar surface area (TPSA) is 83.1 Å². The molecule has 0 saturated carbocycles. The van der Waals surface area contributed by atoms with Crippen LogP contribution in [0.1, 0.15) is 0 Å². The van der Waals surface area contributed by atoms with Crippen molar-refractivity contribution in [2.24, 2.45) is 0 Å². The van der Waals surface area contributed by atoms with Crippen LogP contribution in [0.5, 0.6) is 17.2 Å². The highest BCUT2D eigenvalue weighted by Gasteiger charge is 2.09. The van der Waals surface area contributed by atoms with E-state index in [4.69, 9.17) is 18.9 Å². The number of benzene rings is 2. The van der Waals surface area contributed by atoms with Crippen molar-refractivity contribution in [1.29, 1.82) is 0 Å². The quantitative estimate of drug-likeness (QED) is 0.503. The Morgan fingerprint density at radius 1 is 1.00 bits per heavy atom. The van der Waals surface area contributed by atoms with E-state index < -0.39 is 30.9 Å². The van der Waals surface area contributed by atoms with E-state index in [1.54, 1.807) is 12.1 Å². The number of amides is 1. The maximum atomic E-state index is 13.0. The zero-order valence-electron chi connectivity index (χ0n) is 14.8. The van der Waals surface area contributed by atoms with Gasteiger partial charge >= 0.3 is 5.97 Å². The van der Waals surface area contributed by atoms with E-state index in [1.807, 2.05) is 12.1 Å². The van der Waals surface area contributed by atoms with Gasteiger partial charge in [-0.2, -0.15) is 0 Å². The first kappa shape index (κ1) is 20.0. The smallest absolute Gasteiger partial charge is 0.344 e. The molecule has 2 rings (SSSR count). The normalized spacial score (nSPS) is 10.0. The molecule has 1 N–H and O–H groups in total. The number of esters is 1. The molecule has 144 valence electrons. The summed E-state index contributed by atoms with van der Waals surface area (Å²) < 4.78 is 33.5. The molecule has 0 bridgehead atoms. The Bertz CT molecular complexity index is 767. The van der Waals surface area contributed by atoms with Crippen molar-refractivity contribution in [2.45, 2.75) is 0 Å². The Hall–Kier alpha value is -3.29. The summed E-state index contributed by atoms with van der Waals surface area (Å²) in [5, 5.41) is 2.55. The van der Waals surface area contributed by atoms with E-state index >= 15 is 0 Å². The molecule has 2 aromatic rings. The number of ether oxygens (including phenoxy) is 4. The number of halogens is 1. The SMILES string of the molecule is COc1ccccc1OCCNC(=O)COC(=O)COc1cccc(F)c1. The van der Waals surface area contributed by atoms with Crippen LogP contribution in [-0.4, -0.2) is 45.4 Å². The predicted molar refractivity (Wildman–Crippen MR) is 94.4 cm³/mol. The molecule has 2 aromatic carbocycles. The number of nitrogens with one attached hydrogen (secondary N) is 1. The standard InChI is InChI=1S/C19H20FNO6/c1-24-16-7-2-3-8-17(16)25-10-9-21-18(22)12-27-19(23)13-26-15-6-4-5-14(20)11-15/h2-8,11H,9-10,12-13H2,1H3,(H,21,22). The summed E-state index contributed by atoms with van der Waals surface area (Å²) in [5.41, 5.74) is 0.